The summed E-state index contributed by atoms with van der Waals surface area (Å²) in [6.45, 7) is 3.78. The van der Waals surface area contributed by atoms with Gasteiger partial charge in [0.1, 0.15) is 11.4 Å². The van der Waals surface area contributed by atoms with E-state index < -0.39 is 17.5 Å². The molecule has 3 aromatic rings. The zero-order valence-electron chi connectivity index (χ0n) is 15.2. The quantitative estimate of drug-likeness (QED) is 0.720. The Kier molecular flexibility index (Phi) is 3.91. The van der Waals surface area contributed by atoms with Gasteiger partial charge < -0.3 is 10.1 Å². The topological polar surface area (TPSA) is 81.9 Å². The Balaban J connectivity index is 1.59. The average molecular weight is 367 g/mol. The Labute approximate surface area is 155 Å². The van der Waals surface area contributed by atoms with E-state index >= 15 is 0 Å². The van der Waals surface area contributed by atoms with E-state index in [4.69, 9.17) is 4.74 Å². The van der Waals surface area contributed by atoms with Crippen LogP contribution in [0.4, 0.5) is 10.2 Å². The lowest BCUT2D eigenvalue weighted by molar-refractivity contribution is 0.102. The van der Waals surface area contributed by atoms with E-state index in [2.05, 4.69) is 20.4 Å². The van der Waals surface area contributed by atoms with Gasteiger partial charge in [0.2, 0.25) is 11.8 Å². The minimum absolute atomic E-state index is 0.136. The summed E-state index contributed by atoms with van der Waals surface area (Å²) in [5.74, 6) is -0.917. The van der Waals surface area contributed by atoms with Crippen molar-refractivity contribution in [2.24, 2.45) is 7.05 Å². The number of carbonyl (C=O) groups is 1. The Hall–Kier alpha value is -3.29. The molecule has 1 amide bonds. The highest BCUT2D eigenvalue weighted by Gasteiger charge is 2.33. The standard InChI is InChI=1S/C19H18FN5O2/c1-19(2)8-11-7-13(16(20)24-18(11)27-19)17(26)23-15-6-4-5-14(22-15)12-9-21-25(3)10-12/h4-7,9-10H,8H2,1-3H3,(H,22,23,26). The van der Waals surface area contributed by atoms with Crippen LogP contribution in [0.1, 0.15) is 29.8 Å². The summed E-state index contributed by atoms with van der Waals surface area (Å²) in [5.41, 5.74) is 1.59. The summed E-state index contributed by atoms with van der Waals surface area (Å²) in [6, 6.07) is 6.71. The van der Waals surface area contributed by atoms with E-state index in [0.717, 1.165) is 5.56 Å². The summed E-state index contributed by atoms with van der Waals surface area (Å²) < 4.78 is 21.6. The number of aromatic nitrogens is 4. The fourth-order valence-corrected chi connectivity index (χ4v) is 3.05. The van der Waals surface area contributed by atoms with Gasteiger partial charge in [-0.1, -0.05) is 6.07 Å². The third-order valence-electron chi connectivity index (χ3n) is 4.24. The van der Waals surface area contributed by atoms with Crippen LogP contribution in [-0.4, -0.2) is 31.3 Å². The highest BCUT2D eigenvalue weighted by atomic mass is 19.1. The molecule has 0 spiro atoms. The van der Waals surface area contributed by atoms with Gasteiger partial charge in [0.15, 0.2) is 0 Å². The lowest BCUT2D eigenvalue weighted by Gasteiger charge is -2.15. The molecule has 0 unspecified atom stereocenters. The van der Waals surface area contributed by atoms with Crippen LogP contribution in [-0.2, 0) is 13.5 Å². The Bertz CT molecular complexity index is 1040. The molecule has 0 radical (unpaired) electrons. The van der Waals surface area contributed by atoms with Gasteiger partial charge in [-0.3, -0.25) is 9.48 Å². The molecule has 1 aliphatic rings. The summed E-state index contributed by atoms with van der Waals surface area (Å²) in [6.07, 6.45) is 4.06. The highest BCUT2D eigenvalue weighted by molar-refractivity contribution is 6.04. The molecule has 0 aromatic carbocycles. The van der Waals surface area contributed by atoms with E-state index in [-0.39, 0.29) is 11.4 Å². The van der Waals surface area contributed by atoms with Crippen LogP contribution >= 0.6 is 0 Å². The molecule has 4 heterocycles. The fourth-order valence-electron chi connectivity index (χ4n) is 3.05. The number of carbonyl (C=O) groups excluding carboxylic acids is 1. The van der Waals surface area contributed by atoms with Crippen LogP contribution in [0.3, 0.4) is 0 Å². The maximum Gasteiger partial charge on any atom is 0.261 e. The van der Waals surface area contributed by atoms with Crippen LogP contribution in [0.2, 0.25) is 0 Å². The van der Waals surface area contributed by atoms with Gasteiger partial charge in [0.25, 0.3) is 5.91 Å². The van der Waals surface area contributed by atoms with E-state index in [0.29, 0.717) is 23.5 Å². The lowest BCUT2D eigenvalue weighted by atomic mass is 10.0. The Morgan fingerprint density at radius 1 is 1.33 bits per heavy atom. The van der Waals surface area contributed by atoms with Crippen molar-refractivity contribution < 1.29 is 13.9 Å². The number of hydrogen-bond donors (Lipinski definition) is 1. The van der Waals surface area contributed by atoms with Crippen LogP contribution in [0.5, 0.6) is 5.88 Å². The Morgan fingerprint density at radius 2 is 2.15 bits per heavy atom. The SMILES string of the molecule is Cn1cc(-c2cccc(NC(=O)c3cc4c(nc3F)OC(C)(C)C4)n2)cn1. The summed E-state index contributed by atoms with van der Waals surface area (Å²) in [7, 11) is 1.81. The number of amides is 1. The number of nitrogens with one attached hydrogen (secondary N) is 1. The molecule has 3 aromatic heterocycles. The minimum atomic E-state index is -0.868. The second kappa shape index (κ2) is 6.15. The molecule has 0 saturated heterocycles. The molecule has 1 aliphatic heterocycles. The summed E-state index contributed by atoms with van der Waals surface area (Å²) >= 11 is 0. The van der Waals surface area contributed by atoms with Gasteiger partial charge in [-0.2, -0.15) is 14.5 Å². The maximum absolute atomic E-state index is 14.3. The molecule has 1 N–H and O–H groups in total. The third-order valence-corrected chi connectivity index (χ3v) is 4.24. The van der Waals surface area contributed by atoms with Crippen molar-refractivity contribution in [2.75, 3.05) is 5.32 Å². The zero-order chi connectivity index (χ0) is 19.2. The number of fused-ring (bicyclic) bond motifs is 1. The van der Waals surface area contributed by atoms with Crippen molar-refractivity contribution in [1.29, 1.82) is 0 Å². The number of anilines is 1. The monoisotopic (exact) mass is 367 g/mol. The normalized spacial score (nSPS) is 14.5. The smallest absolute Gasteiger partial charge is 0.261 e. The number of nitrogens with zero attached hydrogens (tertiary/aromatic N) is 4. The average Bonchev–Trinajstić information content (AvgIpc) is 3.15. The van der Waals surface area contributed by atoms with Crippen LogP contribution < -0.4 is 10.1 Å². The first-order valence-electron chi connectivity index (χ1n) is 8.47. The van der Waals surface area contributed by atoms with Crippen LogP contribution in [0, 0.1) is 5.95 Å². The highest BCUT2D eigenvalue weighted by Crippen LogP contribution is 2.34. The largest absolute Gasteiger partial charge is 0.471 e. The molecule has 7 nitrogen and oxygen atoms in total. The molecule has 4 rings (SSSR count). The molecule has 0 atom stereocenters. The van der Waals surface area contributed by atoms with Gasteiger partial charge in [-0.15, -0.1) is 0 Å². The molecule has 8 heteroatoms. The predicted octanol–water partition coefficient (Wildman–Crippen LogP) is 2.98. The van der Waals surface area contributed by atoms with Crippen molar-refractivity contribution in [1.82, 2.24) is 19.7 Å². The van der Waals surface area contributed by atoms with Crippen molar-refractivity contribution in [3.8, 4) is 17.1 Å². The summed E-state index contributed by atoms with van der Waals surface area (Å²) in [4.78, 5) is 20.8. The van der Waals surface area contributed by atoms with Crippen LogP contribution in [0.25, 0.3) is 11.3 Å². The van der Waals surface area contributed by atoms with Gasteiger partial charge in [-0.05, 0) is 32.0 Å². The minimum Gasteiger partial charge on any atom is -0.471 e. The number of halogens is 1. The number of rotatable bonds is 3. The second-order valence-electron chi connectivity index (χ2n) is 7.09. The maximum atomic E-state index is 14.3. The molecule has 27 heavy (non-hydrogen) atoms. The molecular weight excluding hydrogens is 349 g/mol. The molecule has 0 bridgehead atoms. The van der Waals surface area contributed by atoms with E-state index in [9.17, 15) is 9.18 Å². The van der Waals surface area contributed by atoms with Gasteiger partial charge in [-0.25, -0.2) is 4.98 Å². The third kappa shape index (κ3) is 3.38. The predicted molar refractivity (Wildman–Crippen MR) is 97.0 cm³/mol. The van der Waals surface area contributed by atoms with Gasteiger partial charge >= 0.3 is 0 Å². The number of hydrogen-bond acceptors (Lipinski definition) is 5. The van der Waals surface area contributed by atoms with Gasteiger partial charge in [0.05, 0.1) is 17.5 Å². The Morgan fingerprint density at radius 3 is 2.89 bits per heavy atom. The first-order valence-corrected chi connectivity index (χ1v) is 8.47. The molecule has 0 aliphatic carbocycles. The number of pyridine rings is 2. The molecule has 0 fully saturated rings. The zero-order valence-corrected chi connectivity index (χ0v) is 15.2. The number of ether oxygens (including phenoxy) is 1. The van der Waals surface area contributed by atoms with Crippen molar-refractivity contribution in [2.45, 2.75) is 25.9 Å². The molecule has 138 valence electrons. The van der Waals surface area contributed by atoms with E-state index in [1.165, 1.54) is 6.07 Å². The first kappa shape index (κ1) is 17.1. The van der Waals surface area contributed by atoms with E-state index in [1.807, 2.05) is 33.2 Å². The molecule has 0 saturated carbocycles. The van der Waals surface area contributed by atoms with Crippen molar-refractivity contribution in [3.05, 3.63) is 53.7 Å². The molecular formula is C19H18FN5O2. The van der Waals surface area contributed by atoms with Crippen molar-refractivity contribution in [3.63, 3.8) is 0 Å². The van der Waals surface area contributed by atoms with Crippen molar-refractivity contribution >= 4 is 11.7 Å². The first-order chi connectivity index (χ1) is 12.8. The van der Waals surface area contributed by atoms with E-state index in [1.54, 1.807) is 23.0 Å². The van der Waals surface area contributed by atoms with Gasteiger partial charge in [0, 0.05) is 30.8 Å². The number of aryl methyl sites for hydroxylation is 1. The second-order valence-corrected chi connectivity index (χ2v) is 7.09. The summed E-state index contributed by atoms with van der Waals surface area (Å²) in [5, 5.41) is 6.74. The fraction of sp³-hybridized carbons (Fsp3) is 0.263. The lowest BCUT2D eigenvalue weighted by Crippen LogP contribution is -2.24. The van der Waals surface area contributed by atoms with Crippen LogP contribution in [0.15, 0.2) is 36.7 Å².